The van der Waals surface area contributed by atoms with Gasteiger partial charge >= 0.3 is 0 Å². The quantitative estimate of drug-likeness (QED) is 0.447. The lowest BCUT2D eigenvalue weighted by molar-refractivity contribution is 0.324. The van der Waals surface area contributed by atoms with Crippen LogP contribution in [0.1, 0.15) is 12.5 Å². The van der Waals surface area contributed by atoms with Crippen molar-refractivity contribution >= 4 is 22.7 Å². The molecule has 4 rings (SSSR count). The second-order valence-corrected chi connectivity index (χ2v) is 7.01. The fourth-order valence-electron chi connectivity index (χ4n) is 3.45. The molecule has 0 aliphatic rings. The maximum Gasteiger partial charge on any atom is 0.203 e. The topological polar surface area (TPSA) is 69.9 Å². The van der Waals surface area contributed by atoms with Crippen LogP contribution in [0.3, 0.4) is 0 Å². The number of aromatic nitrogens is 3. The van der Waals surface area contributed by atoms with E-state index in [2.05, 4.69) is 34.0 Å². The summed E-state index contributed by atoms with van der Waals surface area (Å²) in [6.45, 7) is 6.04. The number of allylic oxidation sites excluding steroid dienone is 1. The molecule has 7 heteroatoms. The van der Waals surface area contributed by atoms with E-state index in [1.165, 1.54) is 0 Å². The Bertz CT molecular complexity index is 1240. The van der Waals surface area contributed by atoms with Gasteiger partial charge in [-0.25, -0.2) is 9.97 Å². The van der Waals surface area contributed by atoms with E-state index in [-0.39, 0.29) is 0 Å². The maximum atomic E-state index is 5.44. The first kappa shape index (κ1) is 20.3. The molecule has 31 heavy (non-hydrogen) atoms. The van der Waals surface area contributed by atoms with Gasteiger partial charge in [-0.15, -0.1) is 0 Å². The van der Waals surface area contributed by atoms with Crippen molar-refractivity contribution in [3.63, 3.8) is 0 Å². The predicted octanol–water partition coefficient (Wildman–Crippen LogP) is 5.20. The lowest BCUT2D eigenvalue weighted by Crippen LogP contribution is -2.01. The third kappa shape index (κ3) is 3.77. The summed E-state index contributed by atoms with van der Waals surface area (Å²) in [6, 6.07) is 11.9. The number of methoxy groups -OCH3 is 3. The molecule has 158 valence electrons. The molecule has 0 radical (unpaired) electrons. The maximum absolute atomic E-state index is 5.44. The number of nitrogens with one attached hydrogen (secondary N) is 1. The normalized spacial score (nSPS) is 10.7. The highest BCUT2D eigenvalue weighted by Crippen LogP contribution is 2.40. The zero-order valence-corrected chi connectivity index (χ0v) is 18.0. The van der Waals surface area contributed by atoms with E-state index in [0.29, 0.717) is 28.7 Å². The van der Waals surface area contributed by atoms with Crippen LogP contribution in [0.25, 0.3) is 22.5 Å². The molecule has 0 saturated carbocycles. The highest BCUT2D eigenvalue weighted by atomic mass is 16.5. The van der Waals surface area contributed by atoms with Crippen molar-refractivity contribution in [2.24, 2.45) is 0 Å². The number of ether oxygens (including phenoxy) is 3. The van der Waals surface area contributed by atoms with Crippen molar-refractivity contribution in [2.75, 3.05) is 26.6 Å². The van der Waals surface area contributed by atoms with E-state index in [9.17, 15) is 0 Å². The highest BCUT2D eigenvalue weighted by molar-refractivity contribution is 5.77. The van der Waals surface area contributed by atoms with Gasteiger partial charge in [0.25, 0.3) is 0 Å². The van der Waals surface area contributed by atoms with Crippen molar-refractivity contribution in [3.05, 3.63) is 67.1 Å². The summed E-state index contributed by atoms with van der Waals surface area (Å²) in [7, 11) is 4.74. The summed E-state index contributed by atoms with van der Waals surface area (Å²) in [4.78, 5) is 9.10. The van der Waals surface area contributed by atoms with E-state index in [1.54, 1.807) is 27.5 Å². The van der Waals surface area contributed by atoms with Crippen LogP contribution in [-0.2, 0) is 0 Å². The average Bonchev–Trinajstić information content (AvgIpc) is 3.23. The Morgan fingerprint density at radius 3 is 2.39 bits per heavy atom. The third-order valence-corrected chi connectivity index (χ3v) is 5.01. The molecule has 0 bridgehead atoms. The number of nitrogens with zero attached hydrogens (tertiary/aromatic N) is 3. The minimum absolute atomic E-state index is 0.530. The highest BCUT2D eigenvalue weighted by Gasteiger charge is 2.16. The molecule has 0 fully saturated rings. The Morgan fingerprint density at radius 1 is 1.00 bits per heavy atom. The van der Waals surface area contributed by atoms with Crippen LogP contribution < -0.4 is 19.5 Å². The summed E-state index contributed by atoms with van der Waals surface area (Å²) in [5.74, 6) is 2.25. The molecule has 2 heterocycles. The summed E-state index contributed by atoms with van der Waals surface area (Å²) in [5.41, 5.74) is 5.57. The van der Waals surface area contributed by atoms with Gasteiger partial charge in [-0.3, -0.25) is 4.40 Å². The monoisotopic (exact) mass is 416 g/mol. The van der Waals surface area contributed by atoms with Gasteiger partial charge in [0.2, 0.25) is 5.75 Å². The first-order chi connectivity index (χ1) is 15.0. The molecule has 7 nitrogen and oxygen atoms in total. The fourth-order valence-corrected chi connectivity index (χ4v) is 3.45. The fraction of sp³-hybridized carbons (Fsp3) is 0.167. The molecule has 0 spiro atoms. The van der Waals surface area contributed by atoms with Crippen molar-refractivity contribution in [2.45, 2.75) is 6.92 Å². The van der Waals surface area contributed by atoms with Crippen LogP contribution in [0.15, 0.2) is 61.6 Å². The van der Waals surface area contributed by atoms with E-state index in [0.717, 1.165) is 28.1 Å². The molecule has 0 aliphatic heterocycles. The lowest BCUT2D eigenvalue weighted by atomic mass is 10.0. The lowest BCUT2D eigenvalue weighted by Gasteiger charge is -2.15. The standard InChI is InChI=1S/C24H24N4O3/c1-15(2)16-7-6-8-17(11-16)19-14-26-24-23(25-9-10-28(19)24)27-18-12-20(29-3)22(31-5)21(13-18)30-4/h6-14H,1H2,2-5H3,(H,25,27). The number of imidazole rings is 1. The van der Waals surface area contributed by atoms with E-state index in [4.69, 9.17) is 14.2 Å². The largest absolute Gasteiger partial charge is 0.493 e. The predicted molar refractivity (Wildman–Crippen MR) is 123 cm³/mol. The molecule has 0 saturated heterocycles. The Morgan fingerprint density at radius 2 is 1.74 bits per heavy atom. The van der Waals surface area contributed by atoms with Gasteiger partial charge in [-0.2, -0.15) is 0 Å². The van der Waals surface area contributed by atoms with Crippen molar-refractivity contribution in [1.82, 2.24) is 14.4 Å². The van der Waals surface area contributed by atoms with Crippen LogP contribution in [-0.4, -0.2) is 35.7 Å². The number of benzene rings is 2. The first-order valence-corrected chi connectivity index (χ1v) is 9.71. The van der Waals surface area contributed by atoms with E-state index in [1.807, 2.05) is 48.0 Å². The van der Waals surface area contributed by atoms with Crippen LogP contribution in [0.5, 0.6) is 17.2 Å². The van der Waals surface area contributed by atoms with Gasteiger partial charge in [0.15, 0.2) is 23.0 Å². The average molecular weight is 416 g/mol. The van der Waals surface area contributed by atoms with Crippen molar-refractivity contribution < 1.29 is 14.2 Å². The summed E-state index contributed by atoms with van der Waals surface area (Å²) < 4.78 is 18.3. The third-order valence-electron chi connectivity index (χ3n) is 5.01. The molecule has 0 unspecified atom stereocenters. The van der Waals surface area contributed by atoms with Crippen molar-refractivity contribution in [3.8, 4) is 28.5 Å². The summed E-state index contributed by atoms with van der Waals surface area (Å²) in [6.07, 6.45) is 5.47. The Kier molecular flexibility index (Phi) is 5.49. The second-order valence-electron chi connectivity index (χ2n) is 7.01. The van der Waals surface area contributed by atoms with Crippen LogP contribution in [0, 0.1) is 0 Å². The molecular weight excluding hydrogens is 392 g/mol. The van der Waals surface area contributed by atoms with Crippen LogP contribution in [0.4, 0.5) is 11.5 Å². The van der Waals surface area contributed by atoms with Gasteiger partial charge < -0.3 is 19.5 Å². The number of anilines is 2. The molecule has 4 aromatic rings. The number of rotatable bonds is 7. The molecule has 0 aliphatic carbocycles. The second kappa shape index (κ2) is 8.39. The zero-order chi connectivity index (χ0) is 22.0. The molecule has 0 atom stereocenters. The van der Waals surface area contributed by atoms with Gasteiger partial charge in [-0.1, -0.05) is 30.4 Å². The van der Waals surface area contributed by atoms with Gasteiger partial charge in [-0.05, 0) is 18.6 Å². The first-order valence-electron chi connectivity index (χ1n) is 9.71. The Labute approximate surface area is 180 Å². The summed E-state index contributed by atoms with van der Waals surface area (Å²) >= 11 is 0. The van der Waals surface area contributed by atoms with Gasteiger partial charge in [0.05, 0.1) is 33.2 Å². The number of fused-ring (bicyclic) bond motifs is 1. The minimum Gasteiger partial charge on any atom is -0.493 e. The molecule has 1 N–H and O–H groups in total. The van der Waals surface area contributed by atoms with Gasteiger partial charge in [0.1, 0.15) is 0 Å². The number of hydrogen-bond acceptors (Lipinski definition) is 6. The summed E-state index contributed by atoms with van der Waals surface area (Å²) in [5, 5.41) is 3.32. The molecule has 2 aromatic carbocycles. The van der Waals surface area contributed by atoms with Crippen molar-refractivity contribution in [1.29, 1.82) is 0 Å². The minimum atomic E-state index is 0.530. The Balaban J connectivity index is 1.76. The Hall–Kier alpha value is -4.00. The van der Waals surface area contributed by atoms with Crippen LogP contribution in [0.2, 0.25) is 0 Å². The SMILES string of the molecule is C=C(C)c1cccc(-c2cnc3c(Nc4cc(OC)c(OC)c(OC)c4)nccn23)c1. The smallest absolute Gasteiger partial charge is 0.203 e. The van der Waals surface area contributed by atoms with Crippen LogP contribution >= 0.6 is 0 Å². The molecule has 2 aromatic heterocycles. The van der Waals surface area contributed by atoms with Gasteiger partial charge in [0, 0.05) is 35.8 Å². The van der Waals surface area contributed by atoms with E-state index >= 15 is 0 Å². The zero-order valence-electron chi connectivity index (χ0n) is 18.0. The van der Waals surface area contributed by atoms with E-state index < -0.39 is 0 Å². The number of hydrogen-bond donors (Lipinski definition) is 1. The molecule has 0 amide bonds. The molecular formula is C24H24N4O3.